The molecule has 11 nitrogen and oxygen atoms in total. The van der Waals surface area contributed by atoms with Gasteiger partial charge in [0.25, 0.3) is 0 Å². The highest BCUT2D eigenvalue weighted by Crippen LogP contribution is 2.29. The third-order valence-corrected chi connectivity index (χ3v) is 3.31. The van der Waals surface area contributed by atoms with Crippen LogP contribution in [-0.4, -0.2) is 66.3 Å². The average molecular weight is 308 g/mol. The van der Waals surface area contributed by atoms with E-state index in [1.54, 1.807) is 0 Å². The number of primary amides is 1. The Morgan fingerprint density at radius 2 is 2.20 bits per heavy atom. The molecule has 0 aromatic heterocycles. The van der Waals surface area contributed by atoms with E-state index in [0.717, 1.165) is 4.90 Å². The van der Waals surface area contributed by atoms with Gasteiger partial charge in [0.05, 0.1) is 12.3 Å². The molecule has 0 aromatic rings. The fourth-order valence-corrected chi connectivity index (χ4v) is 2.57. The number of hydroxylamine groups is 2. The summed E-state index contributed by atoms with van der Waals surface area (Å²) in [4.78, 5) is 28.9. The van der Waals surface area contributed by atoms with Crippen molar-refractivity contribution in [3.63, 3.8) is 0 Å². The van der Waals surface area contributed by atoms with Crippen LogP contribution in [0.3, 0.4) is 0 Å². The largest absolute Gasteiger partial charge is 0.418 e. The van der Waals surface area contributed by atoms with Gasteiger partial charge in [-0.15, -0.1) is 4.28 Å². The number of carbonyl (C=O) groups is 2. The number of carbonyl (C=O) groups excluding carboxylic acids is 2. The van der Waals surface area contributed by atoms with Gasteiger partial charge in [0.2, 0.25) is 5.91 Å². The molecule has 3 N–H and O–H groups in total. The number of nitrogens with zero attached hydrogens (tertiary/aromatic N) is 3. The van der Waals surface area contributed by atoms with Gasteiger partial charge in [-0.2, -0.15) is 13.5 Å². The number of urea groups is 1. The third kappa shape index (κ3) is 2.52. The van der Waals surface area contributed by atoms with Crippen molar-refractivity contribution >= 4 is 28.0 Å². The van der Waals surface area contributed by atoms with Gasteiger partial charge in [0.1, 0.15) is 19.2 Å². The van der Waals surface area contributed by atoms with Crippen molar-refractivity contribution in [3.05, 3.63) is 0 Å². The molecule has 0 aromatic carbocycles. The van der Waals surface area contributed by atoms with Crippen LogP contribution in [0.5, 0.6) is 0 Å². The zero-order valence-electron chi connectivity index (χ0n) is 10.3. The average Bonchev–Trinajstić information content (AvgIpc) is 2.57. The Labute approximate surface area is 113 Å². The van der Waals surface area contributed by atoms with Gasteiger partial charge in [-0.05, 0) is 0 Å². The van der Waals surface area contributed by atoms with Gasteiger partial charge in [-0.25, -0.2) is 4.79 Å². The van der Waals surface area contributed by atoms with E-state index in [9.17, 15) is 18.0 Å². The molecule has 0 unspecified atom stereocenters. The van der Waals surface area contributed by atoms with Gasteiger partial charge in [0.15, 0.2) is 0 Å². The standard InChI is InChI=1S/C8H12N4O7S/c1-18-10-4-2-5(7(9)13)11-3-6(4)12(8(11)14)19-20(15,16)17/h5-6H,2-3H2,1H3,(H2,9,13)(H,15,16,17)/t5-,6-/m0/s1. The first-order valence-corrected chi connectivity index (χ1v) is 6.77. The molecule has 2 bridgehead atoms. The minimum absolute atomic E-state index is 0.00901. The summed E-state index contributed by atoms with van der Waals surface area (Å²) in [6.45, 7) is -0.0514. The van der Waals surface area contributed by atoms with E-state index in [-0.39, 0.29) is 18.7 Å². The Morgan fingerprint density at radius 3 is 2.70 bits per heavy atom. The lowest BCUT2D eigenvalue weighted by atomic mass is 9.98. The number of nitrogens with two attached hydrogens (primary N) is 1. The van der Waals surface area contributed by atoms with Crippen LogP contribution in [0.1, 0.15) is 6.42 Å². The summed E-state index contributed by atoms with van der Waals surface area (Å²) in [6.07, 6.45) is -0.00901. The van der Waals surface area contributed by atoms with Gasteiger partial charge >= 0.3 is 16.4 Å². The number of oxime groups is 1. The Balaban J connectivity index is 2.37. The number of fused-ring (bicyclic) bond motifs is 2. The SMILES string of the molecule is CON=C1C[C@@H](C(N)=O)N2C[C@@H]1N(OS(=O)(=O)O)C2=O. The normalized spacial score (nSPS) is 28.1. The van der Waals surface area contributed by atoms with E-state index < -0.39 is 34.4 Å². The maximum atomic E-state index is 12.0. The smallest absolute Gasteiger partial charge is 0.399 e. The Hall–Kier alpha value is -1.92. The second-order valence-electron chi connectivity index (χ2n) is 4.17. The Kier molecular flexibility index (Phi) is 3.54. The van der Waals surface area contributed by atoms with Crippen molar-refractivity contribution in [1.82, 2.24) is 9.96 Å². The van der Waals surface area contributed by atoms with Crippen LogP contribution in [0.15, 0.2) is 5.16 Å². The monoisotopic (exact) mass is 308 g/mol. The molecule has 0 spiro atoms. The molecule has 20 heavy (non-hydrogen) atoms. The molecule has 0 saturated carbocycles. The zero-order valence-corrected chi connectivity index (χ0v) is 11.1. The molecule has 2 fully saturated rings. The minimum atomic E-state index is -4.89. The number of hydrogen-bond acceptors (Lipinski definition) is 7. The molecule has 2 saturated heterocycles. The number of amides is 3. The summed E-state index contributed by atoms with van der Waals surface area (Å²) in [5, 5.41) is 4.07. The molecule has 2 atom stereocenters. The summed E-state index contributed by atoms with van der Waals surface area (Å²) in [5.41, 5.74) is 5.40. The van der Waals surface area contributed by atoms with Crippen LogP contribution in [0.25, 0.3) is 0 Å². The zero-order chi connectivity index (χ0) is 15.1. The highest BCUT2D eigenvalue weighted by Gasteiger charge is 2.52. The predicted octanol–water partition coefficient (Wildman–Crippen LogP) is -1.91. The second-order valence-corrected chi connectivity index (χ2v) is 5.17. The molecule has 12 heteroatoms. The molecule has 2 aliphatic heterocycles. The quantitative estimate of drug-likeness (QED) is 0.454. The van der Waals surface area contributed by atoms with Crippen LogP contribution in [0.4, 0.5) is 4.79 Å². The van der Waals surface area contributed by atoms with Crippen molar-refractivity contribution in [3.8, 4) is 0 Å². The lowest BCUT2D eigenvalue weighted by Crippen LogP contribution is -2.51. The van der Waals surface area contributed by atoms with Crippen molar-refractivity contribution in [2.24, 2.45) is 10.9 Å². The molecular weight excluding hydrogens is 296 g/mol. The van der Waals surface area contributed by atoms with Crippen LogP contribution in [0.2, 0.25) is 0 Å². The van der Waals surface area contributed by atoms with Crippen LogP contribution < -0.4 is 5.73 Å². The molecule has 0 radical (unpaired) electrons. The van der Waals surface area contributed by atoms with E-state index in [1.165, 1.54) is 7.11 Å². The van der Waals surface area contributed by atoms with Gasteiger partial charge in [0, 0.05) is 6.42 Å². The minimum Gasteiger partial charge on any atom is -0.399 e. The van der Waals surface area contributed by atoms with Crippen molar-refractivity contribution in [2.45, 2.75) is 18.5 Å². The van der Waals surface area contributed by atoms with E-state index in [4.69, 9.17) is 10.3 Å². The molecule has 2 rings (SSSR count). The highest BCUT2D eigenvalue weighted by molar-refractivity contribution is 7.80. The van der Waals surface area contributed by atoms with E-state index in [1.807, 2.05) is 0 Å². The third-order valence-electron chi connectivity index (χ3n) is 2.96. The van der Waals surface area contributed by atoms with Crippen LogP contribution >= 0.6 is 0 Å². The lowest BCUT2D eigenvalue weighted by molar-refractivity contribution is -0.122. The summed E-state index contributed by atoms with van der Waals surface area (Å²) in [7, 11) is -3.64. The van der Waals surface area contributed by atoms with E-state index in [2.05, 4.69) is 14.3 Å². The van der Waals surface area contributed by atoms with Crippen LogP contribution in [0, 0.1) is 0 Å². The van der Waals surface area contributed by atoms with Crippen LogP contribution in [-0.2, 0) is 24.3 Å². The summed E-state index contributed by atoms with van der Waals surface area (Å²) in [6, 6.07) is -2.78. The van der Waals surface area contributed by atoms with E-state index >= 15 is 0 Å². The topological polar surface area (TPSA) is 152 Å². The molecule has 0 aliphatic carbocycles. The summed E-state index contributed by atoms with van der Waals surface area (Å²) in [5.74, 6) is -0.769. The number of piperidine rings is 1. The molecular formula is C8H12N4O7S. The highest BCUT2D eigenvalue weighted by atomic mass is 32.3. The van der Waals surface area contributed by atoms with Crippen molar-refractivity contribution in [2.75, 3.05) is 13.7 Å². The Bertz CT molecular complexity index is 573. The fraction of sp³-hybridized carbons (Fsp3) is 0.625. The maximum absolute atomic E-state index is 12.0. The van der Waals surface area contributed by atoms with Gasteiger partial charge in [-0.3, -0.25) is 9.35 Å². The maximum Gasteiger partial charge on any atom is 0.418 e. The lowest BCUT2D eigenvalue weighted by Gasteiger charge is -2.28. The first-order chi connectivity index (χ1) is 9.24. The Morgan fingerprint density at radius 1 is 1.55 bits per heavy atom. The summed E-state index contributed by atoms with van der Waals surface area (Å²) < 4.78 is 34.4. The summed E-state index contributed by atoms with van der Waals surface area (Å²) >= 11 is 0. The number of hydrogen-bond donors (Lipinski definition) is 2. The van der Waals surface area contributed by atoms with E-state index in [0.29, 0.717) is 5.06 Å². The number of rotatable bonds is 4. The molecule has 112 valence electrons. The second kappa shape index (κ2) is 4.88. The molecule has 2 aliphatic rings. The van der Waals surface area contributed by atoms with Crippen molar-refractivity contribution < 1.29 is 31.7 Å². The molecule has 3 amide bonds. The fourth-order valence-electron chi connectivity index (χ4n) is 2.20. The first kappa shape index (κ1) is 14.5. The van der Waals surface area contributed by atoms with Gasteiger partial charge in [-0.1, -0.05) is 5.16 Å². The van der Waals surface area contributed by atoms with Gasteiger partial charge < -0.3 is 15.5 Å². The predicted molar refractivity (Wildman–Crippen MR) is 62.4 cm³/mol. The first-order valence-electron chi connectivity index (χ1n) is 5.40. The molecule has 2 heterocycles. The van der Waals surface area contributed by atoms with Crippen molar-refractivity contribution in [1.29, 1.82) is 0 Å².